The Balaban J connectivity index is 1.57. The first-order chi connectivity index (χ1) is 13.5. The minimum Gasteiger partial charge on any atom is -0.452 e. The molecule has 1 saturated heterocycles. The Morgan fingerprint density at radius 1 is 0.857 bits per heavy atom. The molecule has 1 aliphatic rings. The highest BCUT2D eigenvalue weighted by Crippen LogP contribution is 2.15. The van der Waals surface area contributed by atoms with Crippen molar-refractivity contribution < 1.29 is 19.1 Å². The molecule has 0 aromatic heterocycles. The number of nitrogens with zero attached hydrogens (tertiary/aromatic N) is 2. The average molecular weight is 380 g/mol. The number of esters is 1. The lowest BCUT2D eigenvalue weighted by atomic mass is 10.00. The number of benzene rings is 2. The Morgan fingerprint density at radius 3 is 2.14 bits per heavy atom. The van der Waals surface area contributed by atoms with Gasteiger partial charge in [0.25, 0.3) is 5.91 Å². The van der Waals surface area contributed by atoms with E-state index in [2.05, 4.69) is 0 Å². The number of ether oxygens (including phenoxy) is 1. The van der Waals surface area contributed by atoms with Crippen molar-refractivity contribution in [1.82, 2.24) is 9.80 Å². The molecule has 1 heterocycles. The third kappa shape index (κ3) is 4.97. The molecule has 0 saturated carbocycles. The monoisotopic (exact) mass is 380 g/mol. The van der Waals surface area contributed by atoms with E-state index in [0.29, 0.717) is 38.2 Å². The lowest BCUT2D eigenvalue weighted by Crippen LogP contribution is -2.51. The molecule has 28 heavy (non-hydrogen) atoms. The van der Waals surface area contributed by atoms with Crippen molar-refractivity contribution in [2.75, 3.05) is 32.8 Å². The summed E-state index contributed by atoms with van der Waals surface area (Å²) in [6, 6.07) is 17.2. The van der Waals surface area contributed by atoms with E-state index in [1.165, 1.54) is 6.92 Å². The summed E-state index contributed by atoms with van der Waals surface area (Å²) in [6.07, 6.45) is 0.618. The Morgan fingerprint density at radius 2 is 1.46 bits per heavy atom. The van der Waals surface area contributed by atoms with Crippen LogP contribution in [-0.2, 0) is 20.7 Å². The van der Waals surface area contributed by atoms with Gasteiger partial charge in [0.1, 0.15) is 0 Å². The minimum absolute atomic E-state index is 0.00792. The van der Waals surface area contributed by atoms with Crippen LogP contribution in [0.3, 0.4) is 0 Å². The van der Waals surface area contributed by atoms with Gasteiger partial charge in [-0.3, -0.25) is 9.59 Å². The fourth-order valence-electron chi connectivity index (χ4n) is 3.26. The molecule has 1 fully saturated rings. The smallest absolute Gasteiger partial charge is 0.338 e. The molecule has 0 atom stereocenters. The number of carbonyl (C=O) groups excluding carboxylic acids is 3. The summed E-state index contributed by atoms with van der Waals surface area (Å²) in [7, 11) is 0. The first-order valence-electron chi connectivity index (χ1n) is 9.37. The number of carbonyl (C=O) groups is 3. The fraction of sp³-hybridized carbons (Fsp3) is 0.318. The van der Waals surface area contributed by atoms with Crippen LogP contribution in [-0.4, -0.2) is 60.4 Å². The molecule has 2 aromatic rings. The molecule has 2 amide bonds. The highest BCUT2D eigenvalue weighted by atomic mass is 16.5. The first kappa shape index (κ1) is 19.6. The first-order valence-corrected chi connectivity index (χ1v) is 9.37. The van der Waals surface area contributed by atoms with Gasteiger partial charge in [0, 0.05) is 33.1 Å². The molecule has 3 rings (SSSR count). The molecule has 0 unspecified atom stereocenters. The number of amides is 2. The second-order valence-electron chi connectivity index (χ2n) is 6.78. The summed E-state index contributed by atoms with van der Waals surface area (Å²) in [5.74, 6) is -0.729. The zero-order valence-corrected chi connectivity index (χ0v) is 16.0. The predicted molar refractivity (Wildman–Crippen MR) is 105 cm³/mol. The van der Waals surface area contributed by atoms with E-state index in [1.54, 1.807) is 21.9 Å². The second-order valence-corrected chi connectivity index (χ2v) is 6.78. The Labute approximate surface area is 164 Å². The molecule has 1 aliphatic heterocycles. The maximum absolute atomic E-state index is 12.5. The topological polar surface area (TPSA) is 66.9 Å². The van der Waals surface area contributed by atoms with Crippen molar-refractivity contribution in [3.8, 4) is 0 Å². The van der Waals surface area contributed by atoms with Gasteiger partial charge < -0.3 is 14.5 Å². The maximum atomic E-state index is 12.5. The standard InChI is InChI=1S/C22H24N2O4/c1-17(25)23-11-13-24(14-12-23)21(26)16-28-22(27)20-10-6-5-9-19(20)15-18-7-3-2-4-8-18/h2-10H,11-16H2,1H3. The van der Waals surface area contributed by atoms with Crippen LogP contribution < -0.4 is 0 Å². The van der Waals surface area contributed by atoms with Crippen molar-refractivity contribution in [3.63, 3.8) is 0 Å². The molecule has 0 aliphatic carbocycles. The summed E-state index contributed by atoms with van der Waals surface area (Å²) >= 11 is 0. The van der Waals surface area contributed by atoms with Crippen LogP contribution >= 0.6 is 0 Å². The molecular formula is C22H24N2O4. The average Bonchev–Trinajstić information content (AvgIpc) is 2.73. The van der Waals surface area contributed by atoms with Crippen molar-refractivity contribution in [2.45, 2.75) is 13.3 Å². The molecule has 0 N–H and O–H groups in total. The number of hydrogen-bond acceptors (Lipinski definition) is 4. The predicted octanol–water partition coefficient (Wildman–Crippen LogP) is 2.12. The van der Waals surface area contributed by atoms with E-state index in [-0.39, 0.29) is 18.4 Å². The third-order valence-electron chi connectivity index (χ3n) is 4.88. The van der Waals surface area contributed by atoms with Crippen molar-refractivity contribution in [1.29, 1.82) is 0 Å². The van der Waals surface area contributed by atoms with E-state index in [0.717, 1.165) is 11.1 Å². The normalized spacial score (nSPS) is 13.9. The lowest BCUT2D eigenvalue weighted by molar-refractivity contribution is -0.140. The number of hydrogen-bond donors (Lipinski definition) is 0. The third-order valence-corrected chi connectivity index (χ3v) is 4.88. The summed E-state index contributed by atoms with van der Waals surface area (Å²) in [6.45, 7) is 3.16. The number of rotatable bonds is 5. The summed E-state index contributed by atoms with van der Waals surface area (Å²) in [5, 5.41) is 0. The van der Waals surface area contributed by atoms with E-state index >= 15 is 0 Å². The van der Waals surface area contributed by atoms with E-state index in [9.17, 15) is 14.4 Å². The largest absolute Gasteiger partial charge is 0.452 e. The summed E-state index contributed by atoms with van der Waals surface area (Å²) < 4.78 is 5.29. The highest BCUT2D eigenvalue weighted by molar-refractivity contribution is 5.93. The molecule has 6 nitrogen and oxygen atoms in total. The summed E-state index contributed by atoms with van der Waals surface area (Å²) in [5.41, 5.74) is 2.43. The summed E-state index contributed by atoms with van der Waals surface area (Å²) in [4.78, 5) is 39.6. The quantitative estimate of drug-likeness (QED) is 0.746. The zero-order valence-electron chi connectivity index (χ0n) is 16.0. The van der Waals surface area contributed by atoms with Crippen LogP contribution in [0, 0.1) is 0 Å². The van der Waals surface area contributed by atoms with Crippen LogP contribution in [0.5, 0.6) is 0 Å². The molecule has 2 aromatic carbocycles. The van der Waals surface area contributed by atoms with Gasteiger partial charge in [-0.25, -0.2) is 4.79 Å². The van der Waals surface area contributed by atoms with Crippen molar-refractivity contribution >= 4 is 17.8 Å². The van der Waals surface area contributed by atoms with Crippen LogP contribution in [0.1, 0.15) is 28.4 Å². The van der Waals surface area contributed by atoms with E-state index in [4.69, 9.17) is 4.74 Å². The van der Waals surface area contributed by atoms with Gasteiger partial charge in [0.05, 0.1) is 5.56 Å². The van der Waals surface area contributed by atoms with Gasteiger partial charge in [0.15, 0.2) is 6.61 Å². The van der Waals surface area contributed by atoms with E-state index in [1.807, 2.05) is 42.5 Å². The van der Waals surface area contributed by atoms with Crippen molar-refractivity contribution in [2.24, 2.45) is 0 Å². The molecular weight excluding hydrogens is 356 g/mol. The lowest BCUT2D eigenvalue weighted by Gasteiger charge is -2.34. The highest BCUT2D eigenvalue weighted by Gasteiger charge is 2.23. The number of piperazine rings is 1. The van der Waals surface area contributed by atoms with Gasteiger partial charge in [-0.15, -0.1) is 0 Å². The van der Waals surface area contributed by atoms with Crippen LogP contribution in [0.25, 0.3) is 0 Å². The zero-order chi connectivity index (χ0) is 19.9. The van der Waals surface area contributed by atoms with Gasteiger partial charge in [-0.1, -0.05) is 48.5 Å². The van der Waals surface area contributed by atoms with Gasteiger partial charge in [-0.2, -0.15) is 0 Å². The van der Waals surface area contributed by atoms with Gasteiger partial charge >= 0.3 is 5.97 Å². The molecule has 0 spiro atoms. The SMILES string of the molecule is CC(=O)N1CCN(C(=O)COC(=O)c2ccccc2Cc2ccccc2)CC1. The Bertz CT molecular complexity index is 843. The Hall–Kier alpha value is -3.15. The molecule has 0 bridgehead atoms. The van der Waals surface area contributed by atoms with Crippen LogP contribution in [0.15, 0.2) is 54.6 Å². The maximum Gasteiger partial charge on any atom is 0.338 e. The van der Waals surface area contributed by atoms with E-state index < -0.39 is 5.97 Å². The van der Waals surface area contributed by atoms with Gasteiger partial charge in [-0.05, 0) is 23.6 Å². The van der Waals surface area contributed by atoms with Gasteiger partial charge in [0.2, 0.25) is 5.91 Å². The Kier molecular flexibility index (Phi) is 6.42. The van der Waals surface area contributed by atoms with Crippen LogP contribution in [0.2, 0.25) is 0 Å². The van der Waals surface area contributed by atoms with Crippen LogP contribution in [0.4, 0.5) is 0 Å². The van der Waals surface area contributed by atoms with Crippen molar-refractivity contribution in [3.05, 3.63) is 71.3 Å². The second kappa shape index (κ2) is 9.17. The minimum atomic E-state index is -0.498. The molecule has 0 radical (unpaired) electrons. The fourth-order valence-corrected chi connectivity index (χ4v) is 3.26. The molecule has 6 heteroatoms. The molecule has 146 valence electrons.